The van der Waals surface area contributed by atoms with Crippen molar-refractivity contribution in [1.82, 2.24) is 0 Å². The Morgan fingerprint density at radius 1 is 1.67 bits per heavy atom. The lowest BCUT2D eigenvalue weighted by molar-refractivity contribution is 0.183. The van der Waals surface area contributed by atoms with Gasteiger partial charge in [0.25, 0.3) is 0 Å². The van der Waals surface area contributed by atoms with Crippen molar-refractivity contribution in [3.8, 4) is 0 Å². The second-order valence-corrected chi connectivity index (χ2v) is 1.73. The van der Waals surface area contributed by atoms with E-state index in [1.165, 1.54) is 0 Å². The summed E-state index contributed by atoms with van der Waals surface area (Å²) >= 11 is 0. The lowest BCUT2D eigenvalue weighted by atomic mass is 10.3. The first-order chi connectivity index (χ1) is 3.30. The predicted molar refractivity (Wildman–Crippen MR) is 24.5 cm³/mol. The number of aliphatic hydroxyl groups excluding tert-OH is 1. The zero-order valence-electron chi connectivity index (χ0n) is 4.72. The quantitative estimate of drug-likeness (QED) is 0.466. The maximum absolute atomic E-state index is 8.81. The third-order valence-electron chi connectivity index (χ3n) is 1.14. The van der Waals surface area contributed by atoms with E-state index in [-0.39, 0.29) is 12.5 Å². The van der Waals surface area contributed by atoms with E-state index in [2.05, 4.69) is 0 Å². The normalized spacial score (nSPS) is 49.2. The van der Waals surface area contributed by atoms with Gasteiger partial charge in [0.2, 0.25) is 0 Å². The van der Waals surface area contributed by atoms with Crippen molar-refractivity contribution in [2.45, 2.75) is 31.8 Å². The van der Waals surface area contributed by atoms with Crippen LogP contribution in [0.1, 0.15) is 27.0 Å². The third kappa shape index (κ3) is 0.716. The molecule has 1 aliphatic carbocycles. The number of aliphatic hydroxyl groups is 1. The van der Waals surface area contributed by atoms with Gasteiger partial charge in [0.05, 0.1) is 6.10 Å². The van der Waals surface area contributed by atoms with E-state index in [0.29, 0.717) is 0 Å². The van der Waals surface area contributed by atoms with Crippen LogP contribution in [0.25, 0.3) is 0 Å². The fourth-order valence-corrected chi connectivity index (χ4v) is 0.755. The highest BCUT2D eigenvalue weighted by Gasteiger charge is 2.09. The molecule has 36 valence electrons. The Bertz CT molecular complexity index is 57.1. The highest BCUT2D eigenvalue weighted by atomic mass is 16.3. The molecular formula is C5H10O. The summed E-state index contributed by atoms with van der Waals surface area (Å²) in [4.78, 5) is 0. The van der Waals surface area contributed by atoms with Crippen LogP contribution in [0.4, 0.5) is 0 Å². The fourth-order valence-electron chi connectivity index (χ4n) is 0.755. The minimum Gasteiger partial charge on any atom is -0.393 e. The number of hydrogen-bond acceptors (Lipinski definition) is 1. The van der Waals surface area contributed by atoms with E-state index in [0.717, 1.165) is 19.3 Å². The monoisotopic (exact) mass is 87.1 g/mol. The van der Waals surface area contributed by atoms with Crippen molar-refractivity contribution in [3.05, 3.63) is 0 Å². The smallest absolute Gasteiger partial charge is 0.0540 e. The van der Waals surface area contributed by atoms with Gasteiger partial charge in [0.1, 0.15) is 0 Å². The van der Waals surface area contributed by atoms with Gasteiger partial charge in [-0.05, 0) is 12.8 Å². The van der Waals surface area contributed by atoms with Gasteiger partial charge in [0.15, 0.2) is 0 Å². The summed E-state index contributed by atoms with van der Waals surface area (Å²) < 4.78 is 7.09. The van der Waals surface area contributed by atoms with E-state index >= 15 is 0 Å². The minimum atomic E-state index is -0.319. The number of hydrogen-bond donors (Lipinski definition) is 1. The van der Waals surface area contributed by atoms with Gasteiger partial charge in [-0.3, -0.25) is 0 Å². The van der Waals surface area contributed by atoms with Crippen molar-refractivity contribution in [1.29, 1.82) is 0 Å². The predicted octanol–water partition coefficient (Wildman–Crippen LogP) is 0.921. The Labute approximate surface area is 39.4 Å². The second kappa shape index (κ2) is 1.61. The van der Waals surface area contributed by atoms with Crippen molar-refractivity contribution in [2.75, 3.05) is 0 Å². The molecule has 0 saturated heterocycles. The Balaban J connectivity index is 2.33. The molecular weight excluding hydrogens is 76.1 g/mol. The van der Waals surface area contributed by atoms with Gasteiger partial charge in [-0.1, -0.05) is 12.8 Å². The van der Waals surface area contributed by atoms with E-state index < -0.39 is 0 Å². The van der Waals surface area contributed by atoms with Gasteiger partial charge in [-0.2, -0.15) is 0 Å². The second-order valence-electron chi connectivity index (χ2n) is 1.73. The molecule has 1 aliphatic rings. The molecule has 1 heteroatoms. The van der Waals surface area contributed by atoms with E-state index in [1.807, 2.05) is 0 Å². The first-order valence-corrected chi connectivity index (χ1v) is 2.41. The summed E-state index contributed by atoms with van der Waals surface area (Å²) in [6.07, 6.45) is 2.27. The summed E-state index contributed by atoms with van der Waals surface area (Å²) in [6, 6.07) is 0. The van der Waals surface area contributed by atoms with Crippen molar-refractivity contribution >= 4 is 0 Å². The molecule has 2 atom stereocenters. The molecule has 0 spiro atoms. The van der Waals surface area contributed by atoms with E-state index in [1.54, 1.807) is 0 Å². The van der Waals surface area contributed by atoms with E-state index in [4.69, 9.17) is 6.48 Å². The highest BCUT2D eigenvalue weighted by Crippen LogP contribution is 2.16. The molecule has 0 amide bonds. The lowest BCUT2D eigenvalue weighted by Crippen LogP contribution is -1.94. The summed E-state index contributed by atoms with van der Waals surface area (Å²) in [5.41, 5.74) is 0. The Morgan fingerprint density at radius 3 is 2.67 bits per heavy atom. The molecule has 0 aromatic carbocycles. The van der Waals surface area contributed by atoms with E-state index in [9.17, 15) is 0 Å². The van der Waals surface area contributed by atoms with Crippen LogP contribution in [0.2, 0.25) is 0 Å². The van der Waals surface area contributed by atoms with Crippen LogP contribution in [-0.4, -0.2) is 11.2 Å². The SMILES string of the molecule is [2H][C@H]1CCCC1O. The summed E-state index contributed by atoms with van der Waals surface area (Å²) in [7, 11) is 0. The van der Waals surface area contributed by atoms with Crippen LogP contribution in [0, 0.1) is 0 Å². The molecule has 1 unspecified atom stereocenters. The fraction of sp³-hybridized carbons (Fsp3) is 1.00. The van der Waals surface area contributed by atoms with Crippen LogP contribution in [-0.2, 0) is 0 Å². The third-order valence-corrected chi connectivity index (χ3v) is 1.14. The van der Waals surface area contributed by atoms with Gasteiger partial charge in [0, 0.05) is 1.37 Å². The maximum atomic E-state index is 8.81. The van der Waals surface area contributed by atoms with Crippen LogP contribution in [0.3, 0.4) is 0 Å². The molecule has 1 N–H and O–H groups in total. The van der Waals surface area contributed by atoms with Crippen LogP contribution in [0.5, 0.6) is 0 Å². The molecule has 1 saturated carbocycles. The molecule has 6 heavy (non-hydrogen) atoms. The summed E-state index contributed by atoms with van der Waals surface area (Å²) in [6.45, 7) is 0. The van der Waals surface area contributed by atoms with Crippen molar-refractivity contribution < 1.29 is 6.48 Å². The zero-order valence-corrected chi connectivity index (χ0v) is 3.72. The van der Waals surface area contributed by atoms with Gasteiger partial charge >= 0.3 is 0 Å². The maximum Gasteiger partial charge on any atom is 0.0540 e. The summed E-state index contributed by atoms with van der Waals surface area (Å²) in [5.74, 6) is 0. The van der Waals surface area contributed by atoms with Gasteiger partial charge in [-0.25, -0.2) is 0 Å². The van der Waals surface area contributed by atoms with Crippen LogP contribution >= 0.6 is 0 Å². The first-order valence-electron chi connectivity index (χ1n) is 2.99. The van der Waals surface area contributed by atoms with Crippen LogP contribution < -0.4 is 0 Å². The standard InChI is InChI=1S/C5H10O/c6-5-3-1-2-4-5/h5-6H,1-4H2/i3D/t3-,5?/m0/s1. The molecule has 0 aromatic heterocycles. The average Bonchev–Trinajstić information content (AvgIpc) is 1.91. The molecule has 0 aromatic rings. The topological polar surface area (TPSA) is 20.2 Å². The Hall–Kier alpha value is -0.0400. The minimum absolute atomic E-state index is 0.181. The Morgan fingerprint density at radius 2 is 2.50 bits per heavy atom. The van der Waals surface area contributed by atoms with Gasteiger partial charge < -0.3 is 5.11 Å². The average molecular weight is 87.1 g/mol. The molecule has 1 nitrogen and oxygen atoms in total. The van der Waals surface area contributed by atoms with Gasteiger partial charge in [-0.15, -0.1) is 0 Å². The first kappa shape index (κ1) is 3.03. The summed E-state index contributed by atoms with van der Waals surface area (Å²) in [5, 5.41) is 8.81. The number of rotatable bonds is 0. The van der Waals surface area contributed by atoms with Crippen molar-refractivity contribution in [3.63, 3.8) is 0 Å². The molecule has 0 heterocycles. The molecule has 0 radical (unpaired) electrons. The molecule has 0 bridgehead atoms. The largest absolute Gasteiger partial charge is 0.393 e. The van der Waals surface area contributed by atoms with Crippen molar-refractivity contribution in [2.24, 2.45) is 0 Å². The molecule has 0 aliphatic heterocycles. The zero-order chi connectivity index (χ0) is 5.28. The lowest BCUT2D eigenvalue weighted by Gasteiger charge is -1.91. The highest BCUT2D eigenvalue weighted by molar-refractivity contribution is 4.63. The Kier molecular flexibility index (Phi) is 0.810. The molecule has 1 fully saturated rings. The van der Waals surface area contributed by atoms with Crippen LogP contribution in [0.15, 0.2) is 0 Å². The molecule has 1 rings (SSSR count).